The summed E-state index contributed by atoms with van der Waals surface area (Å²) >= 11 is 0. The van der Waals surface area contributed by atoms with E-state index in [4.69, 9.17) is 0 Å². The van der Waals surface area contributed by atoms with E-state index in [0.29, 0.717) is 0 Å². The van der Waals surface area contributed by atoms with E-state index >= 15 is 0 Å². The van der Waals surface area contributed by atoms with Crippen molar-refractivity contribution in [2.24, 2.45) is 0 Å². The quantitative estimate of drug-likeness (QED) is 0.498. The second-order valence-electron chi connectivity index (χ2n) is 6.46. The van der Waals surface area contributed by atoms with Crippen LogP contribution in [0, 0.1) is 0 Å². The summed E-state index contributed by atoms with van der Waals surface area (Å²) in [7, 11) is -2.61. The van der Waals surface area contributed by atoms with Crippen LogP contribution in [0.15, 0.2) is 12.2 Å². The first-order valence-corrected chi connectivity index (χ1v) is 16.8. The highest BCUT2D eigenvalue weighted by molar-refractivity contribution is 7.69. The van der Waals surface area contributed by atoms with Gasteiger partial charge in [-0.25, -0.2) is 0 Å². The predicted octanol–water partition coefficient (Wildman–Crippen LogP) is 3.84. The fourth-order valence-corrected chi connectivity index (χ4v) is 44.8. The topological polar surface area (TPSA) is 0 Å². The highest BCUT2D eigenvalue weighted by atomic mass is 29.6. The van der Waals surface area contributed by atoms with Crippen molar-refractivity contribution in [1.29, 1.82) is 0 Å². The van der Waals surface area contributed by atoms with E-state index in [-0.39, 0.29) is 0 Å². The Morgan fingerprint density at radius 2 is 1.08 bits per heavy atom. The van der Waals surface area contributed by atoms with Gasteiger partial charge < -0.3 is 0 Å². The van der Waals surface area contributed by atoms with Gasteiger partial charge in [0.2, 0.25) is 0 Å². The maximum atomic E-state index is 2.62. The molecule has 0 nitrogen and oxygen atoms in total. The van der Waals surface area contributed by atoms with E-state index in [2.05, 4.69) is 51.4 Å². The lowest BCUT2D eigenvalue weighted by Gasteiger charge is -2.48. The van der Waals surface area contributed by atoms with Crippen LogP contribution in [-0.4, -0.2) is 22.3 Å². The van der Waals surface area contributed by atoms with Crippen LogP contribution < -0.4 is 0 Å². The number of allylic oxidation sites excluding steroid dienone is 2. The molecule has 13 heavy (non-hydrogen) atoms. The molecule has 0 amide bonds. The van der Waals surface area contributed by atoms with Crippen LogP contribution in [0.3, 0.4) is 0 Å². The zero-order valence-electron chi connectivity index (χ0n) is 10.1. The van der Waals surface area contributed by atoms with Crippen molar-refractivity contribution >= 4 is 22.3 Å². The Kier molecular flexibility index (Phi) is 2.83. The van der Waals surface area contributed by atoms with Crippen LogP contribution in [-0.2, 0) is 0 Å². The predicted molar refractivity (Wildman–Crippen MR) is 71.2 cm³/mol. The molecule has 0 unspecified atom stereocenters. The largest absolute Gasteiger partial charge is 0.0919 e. The lowest BCUT2D eigenvalue weighted by Crippen LogP contribution is -2.70. The number of hydrogen-bond donors (Lipinski definition) is 0. The van der Waals surface area contributed by atoms with Crippen LogP contribution in [0.2, 0.25) is 51.4 Å². The summed E-state index contributed by atoms with van der Waals surface area (Å²) in [5.41, 5.74) is 0. The van der Waals surface area contributed by atoms with E-state index in [9.17, 15) is 0 Å². The Morgan fingerprint density at radius 1 is 0.769 bits per heavy atom. The Balaban J connectivity index is 3.04. The smallest absolute Gasteiger partial charge is 0.0489 e. The van der Waals surface area contributed by atoms with Gasteiger partial charge >= 0.3 is 0 Å². The zero-order valence-corrected chi connectivity index (χ0v) is 13.1. The van der Waals surface area contributed by atoms with Gasteiger partial charge in [0, 0.05) is 22.3 Å². The average Bonchev–Trinajstić information content (AvgIpc) is 2.28. The summed E-state index contributed by atoms with van der Waals surface area (Å²) in [6, 6.07) is 3.02. The Bertz CT molecular complexity index is 193. The molecule has 0 aliphatic carbocycles. The molecule has 76 valence electrons. The third-order valence-electron chi connectivity index (χ3n) is 3.97. The maximum absolute atomic E-state index is 2.62. The molecule has 1 heterocycles. The highest BCUT2D eigenvalue weighted by Crippen LogP contribution is 2.39. The van der Waals surface area contributed by atoms with E-state index < -0.39 is 22.3 Å². The summed E-state index contributed by atoms with van der Waals surface area (Å²) in [4.78, 5) is 0. The van der Waals surface area contributed by atoms with Crippen LogP contribution in [0.1, 0.15) is 0 Å². The molecule has 0 aromatic carbocycles. The van der Waals surface area contributed by atoms with Gasteiger partial charge in [-0.3, -0.25) is 0 Å². The van der Waals surface area contributed by atoms with Crippen molar-refractivity contribution in [1.82, 2.24) is 0 Å². The summed E-state index contributed by atoms with van der Waals surface area (Å²) in [5.74, 6) is 0. The Hall–Kier alpha value is 0.391. The summed E-state index contributed by atoms with van der Waals surface area (Å²) in [6.07, 6.45) is 4.98. The van der Waals surface area contributed by atoms with Gasteiger partial charge in [0.15, 0.2) is 0 Å². The summed E-state index contributed by atoms with van der Waals surface area (Å²) in [6.45, 7) is 15.7. The Labute approximate surface area is 86.0 Å². The third-order valence-corrected chi connectivity index (χ3v) is 44.8. The van der Waals surface area contributed by atoms with Crippen molar-refractivity contribution in [3.05, 3.63) is 12.2 Å². The first-order chi connectivity index (χ1) is 5.71. The monoisotopic (exact) mass is 228 g/mol. The van der Waals surface area contributed by atoms with E-state index in [1.54, 1.807) is 0 Å². The Morgan fingerprint density at radius 3 is 1.23 bits per heavy atom. The van der Waals surface area contributed by atoms with Crippen molar-refractivity contribution in [3.8, 4) is 0 Å². The summed E-state index contributed by atoms with van der Waals surface area (Å²) < 4.78 is 0. The van der Waals surface area contributed by atoms with Crippen LogP contribution >= 0.6 is 0 Å². The average molecular weight is 229 g/mol. The van der Waals surface area contributed by atoms with Gasteiger partial charge in [-0.1, -0.05) is 51.4 Å². The van der Waals surface area contributed by atoms with E-state index in [1.807, 2.05) is 0 Å². The number of hydrogen-bond acceptors (Lipinski definition) is 0. The fraction of sp³-hybridized carbons (Fsp3) is 0.800. The molecule has 0 saturated heterocycles. The molecule has 0 aromatic rings. The second-order valence-corrected chi connectivity index (χ2v) is 34.7. The summed E-state index contributed by atoms with van der Waals surface area (Å²) in [5, 5.41) is 0. The van der Waals surface area contributed by atoms with Crippen LogP contribution in [0.5, 0.6) is 0 Å². The molecule has 1 rings (SSSR count). The van der Waals surface area contributed by atoms with E-state index in [1.165, 1.54) is 12.1 Å². The molecule has 0 aromatic heterocycles. The molecule has 0 fully saturated rings. The lowest BCUT2D eigenvalue weighted by atomic mass is 10.6. The molecule has 0 atom stereocenters. The first kappa shape index (κ1) is 11.5. The SMILES string of the molecule is C[Si](C)(C)[Si]1([Si](C)(C)C)CC=CC1. The molecular formula is C10H24Si3. The normalized spacial score (nSPS) is 22.3. The highest BCUT2D eigenvalue weighted by Gasteiger charge is 2.53. The molecule has 0 N–H and O–H groups in total. The molecule has 0 radical (unpaired) electrons. The molecule has 0 spiro atoms. The molecule has 1 aliphatic heterocycles. The zero-order chi connectivity index (χ0) is 10.3. The van der Waals surface area contributed by atoms with Gasteiger partial charge in [-0.15, -0.1) is 0 Å². The van der Waals surface area contributed by atoms with Crippen LogP contribution in [0.4, 0.5) is 0 Å². The van der Waals surface area contributed by atoms with Gasteiger partial charge in [-0.05, 0) is 12.1 Å². The molecule has 0 bridgehead atoms. The minimum Gasteiger partial charge on any atom is -0.0919 e. The molecule has 1 aliphatic rings. The van der Waals surface area contributed by atoms with Gasteiger partial charge in [0.25, 0.3) is 0 Å². The van der Waals surface area contributed by atoms with Gasteiger partial charge in [0.1, 0.15) is 0 Å². The lowest BCUT2D eigenvalue weighted by molar-refractivity contribution is 1.59. The van der Waals surface area contributed by atoms with Crippen molar-refractivity contribution in [2.45, 2.75) is 51.4 Å². The van der Waals surface area contributed by atoms with Crippen LogP contribution in [0.25, 0.3) is 0 Å². The molecular weight excluding hydrogens is 204 g/mol. The van der Waals surface area contributed by atoms with E-state index in [0.717, 1.165) is 0 Å². The minimum atomic E-state index is -0.872. The maximum Gasteiger partial charge on any atom is 0.0489 e. The molecule has 3 heteroatoms. The van der Waals surface area contributed by atoms with Gasteiger partial charge in [0.05, 0.1) is 0 Å². The fourth-order valence-electron chi connectivity index (χ4n) is 3.00. The van der Waals surface area contributed by atoms with Crippen molar-refractivity contribution in [2.75, 3.05) is 0 Å². The number of rotatable bonds is 2. The van der Waals surface area contributed by atoms with Crippen molar-refractivity contribution < 1.29 is 0 Å². The first-order valence-electron chi connectivity index (χ1n) is 5.36. The standard InChI is InChI=1S/C10H24Si3/c1-11(2,3)13(12(4,5)6)9-7-8-10-13/h7-8H,9-10H2,1-6H3. The second kappa shape index (κ2) is 3.21. The third kappa shape index (κ3) is 1.78. The minimum absolute atomic E-state index is 0.869. The van der Waals surface area contributed by atoms with Crippen molar-refractivity contribution in [3.63, 3.8) is 0 Å². The molecule has 0 saturated carbocycles. The van der Waals surface area contributed by atoms with Gasteiger partial charge in [-0.2, -0.15) is 0 Å².